The standard InChI is InChI=1S/C16H23BrN2O/c1-12(14-8-4-5-9-15(14)17)18-13(2)16(20)19-10-6-3-7-11-19/h4-5,8-9,12-13,18H,3,6-7,10-11H2,1-2H3. The number of likely N-dealkylation sites (tertiary alicyclic amines) is 1. The SMILES string of the molecule is CC(NC(C)c1ccccc1Br)C(=O)N1CCCCC1. The molecule has 3 nitrogen and oxygen atoms in total. The van der Waals surface area contributed by atoms with Gasteiger partial charge in [-0.25, -0.2) is 0 Å². The Balaban J connectivity index is 1.95. The summed E-state index contributed by atoms with van der Waals surface area (Å²) in [5, 5.41) is 3.41. The van der Waals surface area contributed by atoms with Gasteiger partial charge in [-0.1, -0.05) is 34.1 Å². The van der Waals surface area contributed by atoms with Crippen molar-refractivity contribution in [3.63, 3.8) is 0 Å². The van der Waals surface area contributed by atoms with E-state index in [9.17, 15) is 4.79 Å². The van der Waals surface area contributed by atoms with Gasteiger partial charge in [-0.15, -0.1) is 0 Å². The molecule has 0 aliphatic carbocycles. The summed E-state index contributed by atoms with van der Waals surface area (Å²) in [7, 11) is 0. The van der Waals surface area contributed by atoms with Crippen LogP contribution < -0.4 is 5.32 Å². The van der Waals surface area contributed by atoms with Crippen LogP contribution in [0.2, 0.25) is 0 Å². The molecule has 1 N–H and O–H groups in total. The maximum absolute atomic E-state index is 12.4. The lowest BCUT2D eigenvalue weighted by Crippen LogP contribution is -2.47. The number of carbonyl (C=O) groups excluding carboxylic acids is 1. The zero-order chi connectivity index (χ0) is 14.5. The lowest BCUT2D eigenvalue weighted by Gasteiger charge is -2.30. The molecule has 2 rings (SSSR count). The number of hydrogen-bond acceptors (Lipinski definition) is 2. The van der Waals surface area contributed by atoms with Crippen molar-refractivity contribution in [2.75, 3.05) is 13.1 Å². The number of rotatable bonds is 4. The molecule has 1 aliphatic heterocycles. The highest BCUT2D eigenvalue weighted by atomic mass is 79.9. The van der Waals surface area contributed by atoms with Crippen LogP contribution in [0.3, 0.4) is 0 Å². The average molecular weight is 339 g/mol. The minimum absolute atomic E-state index is 0.143. The molecule has 2 atom stereocenters. The van der Waals surface area contributed by atoms with Gasteiger partial charge >= 0.3 is 0 Å². The van der Waals surface area contributed by atoms with Gasteiger partial charge in [0.15, 0.2) is 0 Å². The fourth-order valence-corrected chi connectivity index (χ4v) is 3.38. The van der Waals surface area contributed by atoms with Crippen LogP contribution in [0.15, 0.2) is 28.7 Å². The van der Waals surface area contributed by atoms with Crippen LogP contribution in [-0.2, 0) is 4.79 Å². The third-order valence-electron chi connectivity index (χ3n) is 3.91. The summed E-state index contributed by atoms with van der Waals surface area (Å²) in [6.45, 7) is 5.88. The van der Waals surface area contributed by atoms with E-state index >= 15 is 0 Å². The van der Waals surface area contributed by atoms with Crippen molar-refractivity contribution in [2.45, 2.75) is 45.2 Å². The van der Waals surface area contributed by atoms with E-state index in [0.717, 1.165) is 30.4 Å². The second kappa shape index (κ2) is 7.23. The Labute approximate surface area is 129 Å². The lowest BCUT2D eigenvalue weighted by molar-refractivity contribution is -0.134. The molecular formula is C16H23BrN2O. The third-order valence-corrected chi connectivity index (χ3v) is 4.63. The van der Waals surface area contributed by atoms with E-state index in [1.165, 1.54) is 12.0 Å². The highest BCUT2D eigenvalue weighted by Gasteiger charge is 2.23. The van der Waals surface area contributed by atoms with E-state index in [0.29, 0.717) is 0 Å². The van der Waals surface area contributed by atoms with Crippen LogP contribution >= 0.6 is 15.9 Å². The predicted molar refractivity (Wildman–Crippen MR) is 85.6 cm³/mol. The van der Waals surface area contributed by atoms with Gasteiger partial charge in [0.1, 0.15) is 0 Å². The summed E-state index contributed by atoms with van der Waals surface area (Å²) in [4.78, 5) is 14.4. The topological polar surface area (TPSA) is 32.3 Å². The number of amides is 1. The molecule has 110 valence electrons. The van der Waals surface area contributed by atoms with Gasteiger partial charge in [0.05, 0.1) is 6.04 Å². The van der Waals surface area contributed by atoms with E-state index in [4.69, 9.17) is 0 Å². The number of nitrogens with zero attached hydrogens (tertiary/aromatic N) is 1. The highest BCUT2D eigenvalue weighted by molar-refractivity contribution is 9.10. The summed E-state index contributed by atoms with van der Waals surface area (Å²) in [5.41, 5.74) is 1.19. The first kappa shape index (κ1) is 15.5. The molecule has 0 aromatic heterocycles. The molecular weight excluding hydrogens is 316 g/mol. The normalized spacial score (nSPS) is 18.6. The first-order valence-corrected chi connectivity index (χ1v) is 8.18. The van der Waals surface area contributed by atoms with Crippen molar-refractivity contribution in [3.05, 3.63) is 34.3 Å². The van der Waals surface area contributed by atoms with Crippen molar-refractivity contribution in [1.29, 1.82) is 0 Å². The van der Waals surface area contributed by atoms with E-state index < -0.39 is 0 Å². The molecule has 2 unspecified atom stereocenters. The Hall–Kier alpha value is -0.870. The summed E-state index contributed by atoms with van der Waals surface area (Å²) in [5.74, 6) is 0.226. The third kappa shape index (κ3) is 3.83. The number of piperidine rings is 1. The van der Waals surface area contributed by atoms with Crippen LogP contribution in [0.1, 0.15) is 44.7 Å². The summed E-state index contributed by atoms with van der Waals surface area (Å²) in [6, 6.07) is 8.15. The number of halogens is 1. The van der Waals surface area contributed by atoms with Gasteiger partial charge in [0.2, 0.25) is 5.91 Å². The molecule has 1 aromatic rings. The average Bonchev–Trinajstić information content (AvgIpc) is 2.47. The fourth-order valence-electron chi connectivity index (χ4n) is 2.75. The summed E-state index contributed by atoms with van der Waals surface area (Å²) >= 11 is 3.57. The molecule has 0 bridgehead atoms. The molecule has 1 saturated heterocycles. The monoisotopic (exact) mass is 338 g/mol. The highest BCUT2D eigenvalue weighted by Crippen LogP contribution is 2.23. The zero-order valence-corrected chi connectivity index (χ0v) is 13.8. The molecule has 4 heteroatoms. The predicted octanol–water partition coefficient (Wildman–Crippen LogP) is 3.50. The minimum Gasteiger partial charge on any atom is -0.341 e. The van der Waals surface area contributed by atoms with Gasteiger partial charge in [0.25, 0.3) is 0 Å². The number of carbonyl (C=O) groups is 1. The summed E-state index contributed by atoms with van der Waals surface area (Å²) < 4.78 is 1.08. The molecule has 1 heterocycles. The second-order valence-electron chi connectivity index (χ2n) is 5.52. The van der Waals surface area contributed by atoms with Crippen molar-refractivity contribution in [3.8, 4) is 0 Å². The van der Waals surface area contributed by atoms with Gasteiger partial charge in [0, 0.05) is 23.6 Å². The maximum atomic E-state index is 12.4. The Morgan fingerprint density at radius 3 is 2.50 bits per heavy atom. The number of nitrogens with one attached hydrogen (secondary N) is 1. The molecule has 1 fully saturated rings. The van der Waals surface area contributed by atoms with Crippen LogP contribution in [-0.4, -0.2) is 29.9 Å². The van der Waals surface area contributed by atoms with E-state index in [2.05, 4.69) is 34.2 Å². The van der Waals surface area contributed by atoms with Crippen LogP contribution in [0.5, 0.6) is 0 Å². The zero-order valence-electron chi connectivity index (χ0n) is 12.2. The fraction of sp³-hybridized carbons (Fsp3) is 0.562. The Morgan fingerprint density at radius 2 is 1.85 bits per heavy atom. The summed E-state index contributed by atoms with van der Waals surface area (Å²) in [6.07, 6.45) is 3.52. The minimum atomic E-state index is -0.143. The molecule has 1 aromatic carbocycles. The van der Waals surface area contributed by atoms with Gasteiger partial charge in [-0.3, -0.25) is 10.1 Å². The van der Waals surface area contributed by atoms with Crippen LogP contribution in [0.4, 0.5) is 0 Å². The van der Waals surface area contributed by atoms with Gasteiger partial charge in [-0.2, -0.15) is 0 Å². The van der Waals surface area contributed by atoms with E-state index in [1.54, 1.807) is 0 Å². The van der Waals surface area contributed by atoms with Crippen molar-refractivity contribution in [1.82, 2.24) is 10.2 Å². The molecule has 0 radical (unpaired) electrons. The molecule has 0 saturated carbocycles. The Bertz CT molecular complexity index is 458. The lowest BCUT2D eigenvalue weighted by atomic mass is 10.1. The van der Waals surface area contributed by atoms with Crippen LogP contribution in [0.25, 0.3) is 0 Å². The second-order valence-corrected chi connectivity index (χ2v) is 6.37. The van der Waals surface area contributed by atoms with Crippen molar-refractivity contribution in [2.24, 2.45) is 0 Å². The number of hydrogen-bond donors (Lipinski definition) is 1. The van der Waals surface area contributed by atoms with Crippen molar-refractivity contribution >= 4 is 21.8 Å². The van der Waals surface area contributed by atoms with Crippen LogP contribution in [0, 0.1) is 0 Å². The first-order chi connectivity index (χ1) is 9.59. The maximum Gasteiger partial charge on any atom is 0.239 e. The Morgan fingerprint density at radius 1 is 1.20 bits per heavy atom. The molecule has 20 heavy (non-hydrogen) atoms. The first-order valence-electron chi connectivity index (χ1n) is 7.39. The van der Waals surface area contributed by atoms with Gasteiger partial charge in [-0.05, 0) is 44.7 Å². The van der Waals surface area contributed by atoms with E-state index in [-0.39, 0.29) is 18.0 Å². The molecule has 0 spiro atoms. The molecule has 1 amide bonds. The Kier molecular flexibility index (Phi) is 5.61. The van der Waals surface area contributed by atoms with E-state index in [1.807, 2.05) is 30.0 Å². The number of benzene rings is 1. The largest absolute Gasteiger partial charge is 0.341 e. The quantitative estimate of drug-likeness (QED) is 0.911. The molecule has 1 aliphatic rings. The van der Waals surface area contributed by atoms with Crippen molar-refractivity contribution < 1.29 is 4.79 Å². The van der Waals surface area contributed by atoms with Gasteiger partial charge < -0.3 is 4.90 Å². The smallest absolute Gasteiger partial charge is 0.239 e.